The molecule has 2 N–H and O–H groups in total. The number of nitrogens with zero attached hydrogens (tertiary/aromatic N) is 1. The highest BCUT2D eigenvalue weighted by atomic mass is 16.5. The summed E-state index contributed by atoms with van der Waals surface area (Å²) in [4.78, 5) is 23.6. The molecule has 0 radical (unpaired) electrons. The second-order valence-corrected chi connectivity index (χ2v) is 5.97. The third-order valence-corrected chi connectivity index (χ3v) is 3.61. The van der Waals surface area contributed by atoms with Crippen molar-refractivity contribution in [3.63, 3.8) is 0 Å². The fourth-order valence-corrected chi connectivity index (χ4v) is 2.27. The van der Waals surface area contributed by atoms with Crippen LogP contribution >= 0.6 is 0 Å². The van der Waals surface area contributed by atoms with E-state index in [1.807, 2.05) is 38.1 Å². The van der Waals surface area contributed by atoms with Crippen LogP contribution < -0.4 is 20.3 Å². The molecule has 0 aliphatic heterocycles. The second kappa shape index (κ2) is 9.82. The number of benzene rings is 2. The number of hydrazine groups is 1. The number of para-hydroxylation sites is 2. The Balaban J connectivity index is 1.76. The van der Waals surface area contributed by atoms with Gasteiger partial charge in [-0.15, -0.1) is 0 Å². The number of rotatable bonds is 7. The zero-order valence-corrected chi connectivity index (χ0v) is 15.2. The lowest BCUT2D eigenvalue weighted by Crippen LogP contribution is -2.45. The molecule has 0 fully saturated rings. The number of amides is 2. The summed E-state index contributed by atoms with van der Waals surface area (Å²) in [5.41, 5.74) is 5.82. The minimum Gasteiger partial charge on any atom is -0.483 e. The molecule has 7 nitrogen and oxygen atoms in total. The highest BCUT2D eigenvalue weighted by Gasteiger charge is 2.11. The molecule has 0 atom stereocenters. The summed E-state index contributed by atoms with van der Waals surface area (Å²) in [5, 5.41) is 8.97. The molecule has 0 heterocycles. The molecule has 0 bridgehead atoms. The summed E-state index contributed by atoms with van der Waals surface area (Å²) in [7, 11) is 0. The Morgan fingerprint density at radius 2 is 1.44 bits per heavy atom. The van der Waals surface area contributed by atoms with Crippen LogP contribution in [0.15, 0.2) is 48.5 Å². The molecular weight excluding hydrogens is 346 g/mol. The van der Waals surface area contributed by atoms with Crippen molar-refractivity contribution < 1.29 is 19.1 Å². The van der Waals surface area contributed by atoms with Crippen LogP contribution in [-0.2, 0) is 9.59 Å². The predicted octanol–water partition coefficient (Wildman–Crippen LogP) is 2.29. The van der Waals surface area contributed by atoms with Gasteiger partial charge in [0.05, 0.1) is 5.56 Å². The topological polar surface area (TPSA) is 100 Å². The Morgan fingerprint density at radius 1 is 0.926 bits per heavy atom. The largest absolute Gasteiger partial charge is 0.483 e. The second-order valence-electron chi connectivity index (χ2n) is 5.97. The molecule has 2 rings (SSSR count). The van der Waals surface area contributed by atoms with Crippen molar-refractivity contribution in [2.24, 2.45) is 0 Å². The Kier molecular flexibility index (Phi) is 7.20. The molecule has 0 spiro atoms. The van der Waals surface area contributed by atoms with Crippen molar-refractivity contribution >= 4 is 11.8 Å². The third kappa shape index (κ3) is 6.04. The van der Waals surface area contributed by atoms with Gasteiger partial charge < -0.3 is 9.47 Å². The lowest BCUT2D eigenvalue weighted by atomic mass is 10.0. The fourth-order valence-electron chi connectivity index (χ4n) is 2.27. The quantitative estimate of drug-likeness (QED) is 0.731. The van der Waals surface area contributed by atoms with Crippen LogP contribution in [0.25, 0.3) is 0 Å². The van der Waals surface area contributed by atoms with Gasteiger partial charge in [0.2, 0.25) is 0 Å². The summed E-state index contributed by atoms with van der Waals surface area (Å²) in [6, 6.07) is 16.0. The van der Waals surface area contributed by atoms with Crippen molar-refractivity contribution in [2.75, 3.05) is 13.2 Å². The van der Waals surface area contributed by atoms with Crippen molar-refractivity contribution in [3.05, 3.63) is 59.7 Å². The summed E-state index contributed by atoms with van der Waals surface area (Å²) in [5.74, 6) is 0.135. The lowest BCUT2D eigenvalue weighted by Gasteiger charge is -2.14. The molecule has 0 saturated heterocycles. The van der Waals surface area contributed by atoms with Crippen LogP contribution in [0.2, 0.25) is 0 Å². The number of carbonyl (C=O) groups is 2. The van der Waals surface area contributed by atoms with Gasteiger partial charge in [0.25, 0.3) is 11.8 Å². The van der Waals surface area contributed by atoms with Gasteiger partial charge in [-0.25, -0.2) is 0 Å². The molecule has 0 aliphatic rings. The molecule has 0 aliphatic carbocycles. The summed E-state index contributed by atoms with van der Waals surface area (Å²) >= 11 is 0. The molecule has 7 heteroatoms. The molecule has 27 heavy (non-hydrogen) atoms. The fraction of sp³-hybridized carbons (Fsp3) is 0.250. The third-order valence-electron chi connectivity index (χ3n) is 3.61. The molecular formula is C20H21N3O4. The van der Waals surface area contributed by atoms with Crippen LogP contribution in [0.1, 0.15) is 30.9 Å². The average Bonchev–Trinajstić information content (AvgIpc) is 2.69. The minimum absolute atomic E-state index is 0.234. The number of carbonyl (C=O) groups excluding carboxylic acids is 2. The van der Waals surface area contributed by atoms with Crippen molar-refractivity contribution in [2.45, 2.75) is 19.8 Å². The van der Waals surface area contributed by atoms with Gasteiger partial charge in [-0.05, 0) is 29.7 Å². The van der Waals surface area contributed by atoms with E-state index in [4.69, 9.17) is 14.7 Å². The standard InChI is InChI=1S/C20H21N3O4/c1-14(2)16-8-4-6-10-18(16)27-13-20(25)23-22-19(24)12-26-17-9-5-3-7-15(17)11-21/h3-10,14H,12-13H2,1-2H3,(H,22,24)(H,23,25). The molecule has 140 valence electrons. The van der Waals surface area contributed by atoms with E-state index in [1.165, 1.54) is 0 Å². The zero-order valence-electron chi connectivity index (χ0n) is 15.2. The Morgan fingerprint density at radius 3 is 2.04 bits per heavy atom. The molecule has 2 aromatic carbocycles. The van der Waals surface area contributed by atoms with Gasteiger partial charge in [-0.3, -0.25) is 20.4 Å². The van der Waals surface area contributed by atoms with Crippen molar-refractivity contribution in [1.29, 1.82) is 5.26 Å². The number of ether oxygens (including phenoxy) is 2. The minimum atomic E-state index is -0.557. The van der Waals surface area contributed by atoms with E-state index in [2.05, 4.69) is 10.9 Å². The SMILES string of the molecule is CC(C)c1ccccc1OCC(=O)NNC(=O)COc1ccccc1C#N. The van der Waals surface area contributed by atoms with E-state index < -0.39 is 11.8 Å². The molecule has 0 unspecified atom stereocenters. The van der Waals surface area contributed by atoms with E-state index in [9.17, 15) is 9.59 Å². The first-order valence-corrected chi connectivity index (χ1v) is 8.42. The number of hydrogen-bond donors (Lipinski definition) is 2. The Hall–Kier alpha value is -3.53. The van der Waals surface area contributed by atoms with Crippen LogP contribution in [0.4, 0.5) is 0 Å². The average molecular weight is 367 g/mol. The summed E-state index contributed by atoms with van der Waals surface area (Å²) in [6.07, 6.45) is 0. The van der Waals surface area contributed by atoms with Gasteiger partial charge >= 0.3 is 0 Å². The highest BCUT2D eigenvalue weighted by molar-refractivity contribution is 5.83. The van der Waals surface area contributed by atoms with Gasteiger partial charge in [0.15, 0.2) is 13.2 Å². The van der Waals surface area contributed by atoms with E-state index in [1.54, 1.807) is 30.3 Å². The van der Waals surface area contributed by atoms with Gasteiger partial charge in [-0.2, -0.15) is 5.26 Å². The maximum atomic E-state index is 11.8. The number of nitriles is 1. The molecule has 0 saturated carbocycles. The molecule has 2 amide bonds. The first kappa shape index (κ1) is 19.8. The summed E-state index contributed by atoms with van der Waals surface area (Å²) < 4.78 is 10.8. The van der Waals surface area contributed by atoms with E-state index in [0.717, 1.165) is 5.56 Å². The van der Waals surface area contributed by atoms with Crippen LogP contribution in [0.5, 0.6) is 11.5 Å². The highest BCUT2D eigenvalue weighted by Crippen LogP contribution is 2.25. The van der Waals surface area contributed by atoms with E-state index in [-0.39, 0.29) is 19.1 Å². The smallest absolute Gasteiger partial charge is 0.276 e. The van der Waals surface area contributed by atoms with Crippen molar-refractivity contribution in [3.8, 4) is 17.6 Å². The molecule has 0 aromatic heterocycles. The monoisotopic (exact) mass is 367 g/mol. The van der Waals surface area contributed by atoms with Crippen LogP contribution in [-0.4, -0.2) is 25.0 Å². The van der Waals surface area contributed by atoms with Gasteiger partial charge in [0.1, 0.15) is 17.6 Å². The number of hydrogen-bond acceptors (Lipinski definition) is 5. The van der Waals surface area contributed by atoms with Crippen LogP contribution in [0, 0.1) is 11.3 Å². The normalized spacial score (nSPS) is 10.0. The van der Waals surface area contributed by atoms with Crippen LogP contribution in [0.3, 0.4) is 0 Å². The molecule has 2 aromatic rings. The lowest BCUT2D eigenvalue weighted by molar-refractivity contribution is -0.131. The van der Waals surface area contributed by atoms with Crippen molar-refractivity contribution in [1.82, 2.24) is 10.9 Å². The summed E-state index contributed by atoms with van der Waals surface area (Å²) in [6.45, 7) is 3.50. The first-order valence-electron chi connectivity index (χ1n) is 8.42. The van der Waals surface area contributed by atoms with E-state index in [0.29, 0.717) is 17.1 Å². The van der Waals surface area contributed by atoms with Gasteiger partial charge in [-0.1, -0.05) is 44.2 Å². The zero-order chi connectivity index (χ0) is 19.6. The maximum absolute atomic E-state index is 11.8. The maximum Gasteiger partial charge on any atom is 0.276 e. The Bertz CT molecular complexity index is 843. The number of nitrogens with one attached hydrogen (secondary N) is 2. The predicted molar refractivity (Wildman–Crippen MR) is 99.0 cm³/mol. The van der Waals surface area contributed by atoms with E-state index >= 15 is 0 Å². The first-order chi connectivity index (χ1) is 13.0. The van der Waals surface area contributed by atoms with Gasteiger partial charge in [0, 0.05) is 0 Å². The Labute approximate surface area is 157 Å².